The van der Waals surface area contributed by atoms with E-state index in [9.17, 15) is 10.1 Å². The Labute approximate surface area is 86.3 Å². The number of benzene rings is 1. The number of nitrogens with zero attached hydrogens (tertiary/aromatic N) is 1. The SMILES string of the molecule is CC(O)(O)NCc1ccc([N+](=O)[O-])cc1. The Morgan fingerprint density at radius 3 is 2.33 bits per heavy atom. The molecule has 1 aromatic rings. The zero-order chi connectivity index (χ0) is 11.5. The van der Waals surface area contributed by atoms with Crippen LogP contribution in [0.25, 0.3) is 0 Å². The summed E-state index contributed by atoms with van der Waals surface area (Å²) >= 11 is 0. The van der Waals surface area contributed by atoms with E-state index in [4.69, 9.17) is 10.2 Å². The molecule has 0 aromatic heterocycles. The summed E-state index contributed by atoms with van der Waals surface area (Å²) in [6, 6.07) is 5.83. The normalized spacial score (nSPS) is 11.4. The summed E-state index contributed by atoms with van der Waals surface area (Å²) in [5.41, 5.74) is 0.740. The first-order chi connectivity index (χ1) is 6.88. The highest BCUT2D eigenvalue weighted by molar-refractivity contribution is 5.32. The smallest absolute Gasteiger partial charge is 0.269 e. The Kier molecular flexibility index (Phi) is 3.35. The van der Waals surface area contributed by atoms with Gasteiger partial charge in [-0.1, -0.05) is 12.1 Å². The number of nitro benzene ring substituents is 1. The fraction of sp³-hybridized carbons (Fsp3) is 0.333. The van der Waals surface area contributed by atoms with Gasteiger partial charge in [0.2, 0.25) is 5.91 Å². The molecule has 0 unspecified atom stereocenters. The lowest BCUT2D eigenvalue weighted by Crippen LogP contribution is -2.41. The molecule has 1 rings (SSSR count). The van der Waals surface area contributed by atoms with Crippen molar-refractivity contribution in [1.29, 1.82) is 0 Å². The van der Waals surface area contributed by atoms with Gasteiger partial charge in [-0.05, 0) is 5.56 Å². The Morgan fingerprint density at radius 2 is 1.93 bits per heavy atom. The molecule has 0 bridgehead atoms. The van der Waals surface area contributed by atoms with Gasteiger partial charge in [0.1, 0.15) is 0 Å². The highest BCUT2D eigenvalue weighted by Crippen LogP contribution is 2.11. The maximum absolute atomic E-state index is 10.3. The van der Waals surface area contributed by atoms with E-state index >= 15 is 0 Å². The highest BCUT2D eigenvalue weighted by atomic mass is 16.6. The van der Waals surface area contributed by atoms with Gasteiger partial charge in [0.25, 0.3) is 5.69 Å². The fourth-order valence-electron chi connectivity index (χ4n) is 1.01. The Morgan fingerprint density at radius 1 is 1.40 bits per heavy atom. The van der Waals surface area contributed by atoms with E-state index in [1.807, 2.05) is 0 Å². The van der Waals surface area contributed by atoms with Crippen LogP contribution in [0, 0.1) is 10.1 Å². The third kappa shape index (κ3) is 4.03. The Bertz CT molecular complexity index is 342. The molecule has 0 aliphatic rings. The molecule has 0 aliphatic carbocycles. The molecule has 0 radical (unpaired) electrons. The predicted octanol–water partition coefficient (Wildman–Crippen LogP) is 0.343. The third-order valence-electron chi connectivity index (χ3n) is 1.77. The van der Waals surface area contributed by atoms with Crippen LogP contribution in [0.3, 0.4) is 0 Å². The maximum atomic E-state index is 10.3. The fourth-order valence-corrected chi connectivity index (χ4v) is 1.01. The molecule has 6 heteroatoms. The van der Waals surface area contributed by atoms with Crippen LogP contribution in [0.15, 0.2) is 24.3 Å². The molecule has 0 saturated heterocycles. The van der Waals surface area contributed by atoms with Gasteiger partial charge in [-0.3, -0.25) is 15.4 Å². The molecule has 1 aromatic carbocycles. The Hall–Kier alpha value is -1.50. The first kappa shape index (κ1) is 11.6. The predicted molar refractivity (Wildman–Crippen MR) is 52.8 cm³/mol. The lowest BCUT2D eigenvalue weighted by molar-refractivity contribution is -0.384. The average Bonchev–Trinajstić information content (AvgIpc) is 2.14. The summed E-state index contributed by atoms with van der Waals surface area (Å²) in [6.07, 6.45) is 0. The van der Waals surface area contributed by atoms with Crippen molar-refractivity contribution in [3.63, 3.8) is 0 Å². The van der Waals surface area contributed by atoms with Crippen molar-refractivity contribution in [2.24, 2.45) is 0 Å². The minimum atomic E-state index is -1.94. The van der Waals surface area contributed by atoms with Crippen LogP contribution in [-0.2, 0) is 6.54 Å². The number of aliphatic hydroxyl groups is 2. The number of hydrogen-bond donors (Lipinski definition) is 3. The molecule has 0 atom stereocenters. The van der Waals surface area contributed by atoms with Gasteiger partial charge in [0.15, 0.2) is 0 Å². The van der Waals surface area contributed by atoms with Crippen molar-refractivity contribution in [2.45, 2.75) is 19.4 Å². The third-order valence-corrected chi connectivity index (χ3v) is 1.77. The minimum Gasteiger partial charge on any atom is -0.354 e. The molecular weight excluding hydrogens is 200 g/mol. The summed E-state index contributed by atoms with van der Waals surface area (Å²) in [4.78, 5) is 9.85. The molecule has 0 heterocycles. The van der Waals surface area contributed by atoms with E-state index in [0.29, 0.717) is 0 Å². The number of non-ortho nitro benzene ring substituents is 1. The highest BCUT2D eigenvalue weighted by Gasteiger charge is 2.13. The van der Waals surface area contributed by atoms with Gasteiger partial charge < -0.3 is 10.2 Å². The van der Waals surface area contributed by atoms with Crippen LogP contribution in [0.2, 0.25) is 0 Å². The first-order valence-corrected chi connectivity index (χ1v) is 4.31. The summed E-state index contributed by atoms with van der Waals surface area (Å²) in [5.74, 6) is -1.94. The lowest BCUT2D eigenvalue weighted by atomic mass is 10.2. The average molecular weight is 212 g/mol. The number of hydrogen-bond acceptors (Lipinski definition) is 5. The minimum absolute atomic E-state index is 0.00880. The van der Waals surface area contributed by atoms with Crippen molar-refractivity contribution < 1.29 is 15.1 Å². The van der Waals surface area contributed by atoms with Crippen molar-refractivity contribution >= 4 is 5.69 Å². The van der Waals surface area contributed by atoms with E-state index in [1.165, 1.54) is 19.1 Å². The van der Waals surface area contributed by atoms with Crippen molar-refractivity contribution in [1.82, 2.24) is 5.32 Å². The summed E-state index contributed by atoms with van der Waals surface area (Å²) < 4.78 is 0. The first-order valence-electron chi connectivity index (χ1n) is 4.31. The van der Waals surface area contributed by atoms with Crippen LogP contribution in [0.1, 0.15) is 12.5 Å². The molecule has 0 fully saturated rings. The van der Waals surface area contributed by atoms with Crippen molar-refractivity contribution in [3.8, 4) is 0 Å². The lowest BCUT2D eigenvalue weighted by Gasteiger charge is -2.17. The second kappa shape index (κ2) is 4.35. The van der Waals surface area contributed by atoms with Gasteiger partial charge >= 0.3 is 0 Å². The molecule has 15 heavy (non-hydrogen) atoms. The standard InChI is InChI=1S/C9H12N2O4/c1-9(12,13)10-6-7-2-4-8(5-3-7)11(14)15/h2-5,10,12-13H,6H2,1H3. The summed E-state index contributed by atoms with van der Waals surface area (Å²) in [5, 5.41) is 30.7. The maximum Gasteiger partial charge on any atom is 0.269 e. The summed E-state index contributed by atoms with van der Waals surface area (Å²) in [6.45, 7) is 1.42. The second-order valence-corrected chi connectivity index (χ2v) is 3.30. The van der Waals surface area contributed by atoms with Crippen LogP contribution in [0.4, 0.5) is 5.69 Å². The van der Waals surface area contributed by atoms with Gasteiger partial charge in [-0.25, -0.2) is 0 Å². The zero-order valence-corrected chi connectivity index (χ0v) is 8.17. The van der Waals surface area contributed by atoms with Crippen molar-refractivity contribution in [2.75, 3.05) is 0 Å². The van der Waals surface area contributed by atoms with Crippen LogP contribution >= 0.6 is 0 Å². The van der Waals surface area contributed by atoms with E-state index < -0.39 is 10.8 Å². The molecule has 0 amide bonds. The van der Waals surface area contributed by atoms with Gasteiger partial charge in [0.05, 0.1) is 4.92 Å². The zero-order valence-electron chi connectivity index (χ0n) is 8.17. The number of nitrogens with one attached hydrogen (secondary N) is 1. The van der Waals surface area contributed by atoms with Gasteiger partial charge in [0, 0.05) is 25.6 Å². The molecule has 3 N–H and O–H groups in total. The molecular formula is C9H12N2O4. The monoisotopic (exact) mass is 212 g/mol. The van der Waals surface area contributed by atoms with Crippen LogP contribution < -0.4 is 5.32 Å². The van der Waals surface area contributed by atoms with Gasteiger partial charge in [-0.15, -0.1) is 0 Å². The molecule has 0 saturated carbocycles. The van der Waals surface area contributed by atoms with Crippen molar-refractivity contribution in [3.05, 3.63) is 39.9 Å². The topological polar surface area (TPSA) is 95.6 Å². The van der Waals surface area contributed by atoms with E-state index in [1.54, 1.807) is 12.1 Å². The van der Waals surface area contributed by atoms with Gasteiger partial charge in [-0.2, -0.15) is 0 Å². The molecule has 6 nitrogen and oxygen atoms in total. The quantitative estimate of drug-likeness (QED) is 0.380. The largest absolute Gasteiger partial charge is 0.354 e. The van der Waals surface area contributed by atoms with Crippen LogP contribution in [-0.4, -0.2) is 21.0 Å². The molecule has 0 aliphatic heterocycles. The van der Waals surface area contributed by atoms with E-state index in [0.717, 1.165) is 5.56 Å². The molecule has 82 valence electrons. The second-order valence-electron chi connectivity index (χ2n) is 3.30. The summed E-state index contributed by atoms with van der Waals surface area (Å²) in [7, 11) is 0. The Balaban J connectivity index is 2.61. The van der Waals surface area contributed by atoms with E-state index in [2.05, 4.69) is 5.32 Å². The molecule has 0 spiro atoms. The number of rotatable bonds is 4. The number of nitro groups is 1. The van der Waals surface area contributed by atoms with E-state index in [-0.39, 0.29) is 12.2 Å². The van der Waals surface area contributed by atoms with Crippen LogP contribution in [0.5, 0.6) is 0 Å².